The van der Waals surface area contributed by atoms with Gasteiger partial charge in [-0.2, -0.15) is 0 Å². The lowest BCUT2D eigenvalue weighted by Crippen LogP contribution is -2.28. The van der Waals surface area contributed by atoms with E-state index in [2.05, 4.69) is 40.2 Å². The average Bonchev–Trinajstić information content (AvgIpc) is 3.14. The smallest absolute Gasteiger partial charge is 0.166 e. The van der Waals surface area contributed by atoms with E-state index >= 15 is 0 Å². The van der Waals surface area contributed by atoms with Gasteiger partial charge in [0.1, 0.15) is 5.76 Å². The molecule has 0 radical (unpaired) electrons. The Balaban J connectivity index is 1.38. The maximum absolute atomic E-state index is 5.99. The quantitative estimate of drug-likeness (QED) is 0.826. The van der Waals surface area contributed by atoms with E-state index < -0.39 is 0 Å². The summed E-state index contributed by atoms with van der Waals surface area (Å²) in [5, 5.41) is 2.08. The minimum Gasteiger partial charge on any atom is -0.453 e. The summed E-state index contributed by atoms with van der Waals surface area (Å²) in [5.41, 5.74) is 2.41. The third-order valence-electron chi connectivity index (χ3n) is 4.26. The number of benzene rings is 1. The molecule has 1 aromatic carbocycles. The highest BCUT2D eigenvalue weighted by molar-refractivity contribution is 8.13. The fourth-order valence-electron chi connectivity index (χ4n) is 3.12. The molecule has 0 unspecified atom stereocenters. The highest BCUT2D eigenvalue weighted by Crippen LogP contribution is 2.33. The van der Waals surface area contributed by atoms with Crippen LogP contribution in [-0.4, -0.2) is 23.0 Å². The first-order valence-electron chi connectivity index (χ1n) is 8.01. The average molecular weight is 312 g/mol. The summed E-state index contributed by atoms with van der Waals surface area (Å²) < 4.78 is 5.99. The fraction of sp³-hybridized carbons (Fsp3) is 0.389. The van der Waals surface area contributed by atoms with Gasteiger partial charge in [-0.15, -0.1) is 0 Å². The van der Waals surface area contributed by atoms with E-state index in [1.807, 2.05) is 6.07 Å². The van der Waals surface area contributed by atoms with Gasteiger partial charge in [-0.05, 0) is 61.5 Å². The third kappa shape index (κ3) is 3.13. The van der Waals surface area contributed by atoms with Crippen LogP contribution in [0, 0.1) is 0 Å². The van der Waals surface area contributed by atoms with Crippen LogP contribution in [0.5, 0.6) is 0 Å². The number of aliphatic imine (C=N–C) groups is 1. The van der Waals surface area contributed by atoms with E-state index in [4.69, 9.17) is 4.42 Å². The molecule has 4 rings (SSSR count). The maximum Gasteiger partial charge on any atom is 0.166 e. The molecule has 2 aliphatic rings. The van der Waals surface area contributed by atoms with Crippen molar-refractivity contribution in [3.63, 3.8) is 0 Å². The molecule has 0 amide bonds. The Kier molecular flexibility index (Phi) is 4.04. The van der Waals surface area contributed by atoms with E-state index in [9.17, 15) is 0 Å². The molecule has 0 bridgehead atoms. The number of rotatable bonds is 3. The minimum absolute atomic E-state index is 0.920. The largest absolute Gasteiger partial charge is 0.453 e. The number of nitrogens with zero attached hydrogens (tertiary/aromatic N) is 2. The Morgan fingerprint density at radius 3 is 2.77 bits per heavy atom. The van der Waals surface area contributed by atoms with E-state index in [-0.39, 0.29) is 0 Å². The summed E-state index contributed by atoms with van der Waals surface area (Å²) in [7, 11) is 0. The summed E-state index contributed by atoms with van der Waals surface area (Å²) in [6.45, 7) is 3.34. The fourth-order valence-corrected chi connectivity index (χ4v) is 4.01. The Morgan fingerprint density at radius 2 is 1.91 bits per heavy atom. The first-order valence-corrected chi connectivity index (χ1v) is 8.83. The first kappa shape index (κ1) is 14.1. The standard InChI is InChI=1S/C18H20N2OS/c1-4-10-20(11-5-1)13-15-8-9-18(21-15)22-17-12-14-6-2-3-7-16(14)19-17/h2-3,6-9H,1,4-5,10-13H2. The van der Waals surface area contributed by atoms with Crippen molar-refractivity contribution in [1.29, 1.82) is 0 Å². The Hall–Kier alpha value is -1.52. The molecule has 22 heavy (non-hydrogen) atoms. The molecule has 1 saturated heterocycles. The van der Waals surface area contributed by atoms with Crippen molar-refractivity contribution in [2.45, 2.75) is 37.3 Å². The summed E-state index contributed by atoms with van der Waals surface area (Å²) >= 11 is 1.66. The van der Waals surface area contributed by atoms with Gasteiger partial charge in [-0.3, -0.25) is 4.90 Å². The first-order chi connectivity index (χ1) is 10.9. The summed E-state index contributed by atoms with van der Waals surface area (Å²) in [5.74, 6) is 1.07. The van der Waals surface area contributed by atoms with Crippen molar-refractivity contribution in [3.8, 4) is 0 Å². The number of para-hydroxylation sites is 1. The molecule has 4 heteroatoms. The number of furan rings is 1. The second-order valence-electron chi connectivity index (χ2n) is 5.97. The molecule has 114 valence electrons. The van der Waals surface area contributed by atoms with Crippen molar-refractivity contribution in [1.82, 2.24) is 4.90 Å². The van der Waals surface area contributed by atoms with Crippen molar-refractivity contribution in [2.24, 2.45) is 4.99 Å². The Morgan fingerprint density at radius 1 is 1.05 bits per heavy atom. The van der Waals surface area contributed by atoms with Crippen LogP contribution < -0.4 is 0 Å². The van der Waals surface area contributed by atoms with Crippen LogP contribution in [-0.2, 0) is 13.0 Å². The van der Waals surface area contributed by atoms with Crippen molar-refractivity contribution < 1.29 is 4.42 Å². The zero-order valence-corrected chi connectivity index (χ0v) is 13.4. The summed E-state index contributed by atoms with van der Waals surface area (Å²) in [6, 6.07) is 12.5. The van der Waals surface area contributed by atoms with Crippen molar-refractivity contribution in [3.05, 3.63) is 47.7 Å². The van der Waals surface area contributed by atoms with Gasteiger partial charge in [0.05, 0.1) is 17.3 Å². The third-order valence-corrected chi connectivity index (χ3v) is 5.15. The molecule has 0 aliphatic carbocycles. The molecule has 2 aliphatic heterocycles. The lowest BCUT2D eigenvalue weighted by molar-refractivity contribution is 0.201. The van der Waals surface area contributed by atoms with Crippen LogP contribution in [0.25, 0.3) is 0 Å². The Bertz CT molecular complexity index is 686. The van der Waals surface area contributed by atoms with Gasteiger partial charge < -0.3 is 4.42 Å². The molecule has 1 aromatic heterocycles. The number of thioether (sulfide) groups is 1. The number of likely N-dealkylation sites (tertiary alicyclic amines) is 1. The van der Waals surface area contributed by atoms with E-state index in [0.29, 0.717) is 0 Å². The number of piperidine rings is 1. The second kappa shape index (κ2) is 6.31. The van der Waals surface area contributed by atoms with Crippen LogP contribution in [0.4, 0.5) is 5.69 Å². The lowest BCUT2D eigenvalue weighted by Gasteiger charge is -2.25. The molecule has 1 fully saturated rings. The van der Waals surface area contributed by atoms with Gasteiger partial charge in [-0.25, -0.2) is 4.99 Å². The van der Waals surface area contributed by atoms with Gasteiger partial charge in [0.25, 0.3) is 0 Å². The molecule has 0 spiro atoms. The lowest BCUT2D eigenvalue weighted by atomic mass is 10.1. The van der Waals surface area contributed by atoms with E-state index in [0.717, 1.165) is 34.5 Å². The highest BCUT2D eigenvalue weighted by Gasteiger charge is 2.17. The van der Waals surface area contributed by atoms with E-state index in [1.54, 1.807) is 11.8 Å². The van der Waals surface area contributed by atoms with Crippen molar-refractivity contribution >= 4 is 22.5 Å². The zero-order chi connectivity index (χ0) is 14.8. The SMILES string of the molecule is c1ccc2c(c1)CC(Sc1ccc(CN3CCCCC3)o1)=N2. The zero-order valence-electron chi connectivity index (χ0n) is 12.6. The van der Waals surface area contributed by atoms with Crippen LogP contribution in [0.1, 0.15) is 30.6 Å². The number of hydrogen-bond acceptors (Lipinski definition) is 4. The second-order valence-corrected chi connectivity index (χ2v) is 7.05. The predicted molar refractivity (Wildman–Crippen MR) is 90.9 cm³/mol. The van der Waals surface area contributed by atoms with E-state index in [1.165, 1.54) is 37.9 Å². The van der Waals surface area contributed by atoms with Gasteiger partial charge >= 0.3 is 0 Å². The monoisotopic (exact) mass is 312 g/mol. The van der Waals surface area contributed by atoms with Gasteiger partial charge in [0.15, 0.2) is 5.09 Å². The molecule has 3 nitrogen and oxygen atoms in total. The van der Waals surface area contributed by atoms with Gasteiger partial charge in [0.2, 0.25) is 0 Å². The molecule has 0 atom stereocenters. The maximum atomic E-state index is 5.99. The predicted octanol–water partition coefficient (Wildman–Crippen LogP) is 4.64. The van der Waals surface area contributed by atoms with Crippen molar-refractivity contribution in [2.75, 3.05) is 13.1 Å². The highest BCUT2D eigenvalue weighted by atomic mass is 32.2. The van der Waals surface area contributed by atoms with Gasteiger partial charge in [0, 0.05) is 6.42 Å². The number of fused-ring (bicyclic) bond motifs is 1. The van der Waals surface area contributed by atoms with Gasteiger partial charge in [-0.1, -0.05) is 24.6 Å². The Labute approximate surface area is 135 Å². The normalized spacial score (nSPS) is 18.3. The summed E-state index contributed by atoms with van der Waals surface area (Å²) in [4.78, 5) is 7.17. The minimum atomic E-state index is 0.920. The van der Waals surface area contributed by atoms with Crippen LogP contribution in [0.2, 0.25) is 0 Å². The molecule has 0 saturated carbocycles. The molecule has 2 aromatic rings. The molecular weight excluding hydrogens is 292 g/mol. The summed E-state index contributed by atoms with van der Waals surface area (Å²) in [6.07, 6.45) is 4.92. The van der Waals surface area contributed by atoms with Crippen LogP contribution >= 0.6 is 11.8 Å². The number of hydrogen-bond donors (Lipinski definition) is 0. The molecule has 0 N–H and O–H groups in total. The molecule has 3 heterocycles. The van der Waals surface area contributed by atoms with Crippen LogP contribution in [0.15, 0.2) is 50.9 Å². The molecular formula is C18H20N2OS. The topological polar surface area (TPSA) is 28.7 Å². The van der Waals surface area contributed by atoms with Crippen LogP contribution in [0.3, 0.4) is 0 Å².